The molecule has 0 unspecified atom stereocenters. The third-order valence-electron chi connectivity index (χ3n) is 2.53. The summed E-state index contributed by atoms with van der Waals surface area (Å²) in [4.78, 5) is 10.4. The van der Waals surface area contributed by atoms with Gasteiger partial charge in [-0.1, -0.05) is 26.7 Å². The molecule has 1 fully saturated rings. The summed E-state index contributed by atoms with van der Waals surface area (Å²) in [5.74, 6) is -0.392. The summed E-state index contributed by atoms with van der Waals surface area (Å²) in [6.07, 6.45) is 5.29. The average molecular weight is 200 g/mol. The van der Waals surface area contributed by atoms with Crippen LogP contribution in [0.3, 0.4) is 0 Å². The van der Waals surface area contributed by atoms with Crippen LogP contribution in [0.25, 0.3) is 0 Å². The van der Waals surface area contributed by atoms with Crippen LogP contribution in [0, 0.1) is 0 Å². The van der Waals surface area contributed by atoms with Crippen molar-refractivity contribution in [1.29, 1.82) is 0 Å². The summed E-state index contributed by atoms with van der Waals surface area (Å²) < 4.78 is 11.5. The average Bonchev–Trinajstić information content (AvgIpc) is 2.51. The Morgan fingerprint density at radius 1 is 1.36 bits per heavy atom. The highest BCUT2D eigenvalue weighted by atomic mass is 16.7. The van der Waals surface area contributed by atoms with Gasteiger partial charge < -0.3 is 14.3 Å². The summed E-state index contributed by atoms with van der Waals surface area (Å²) in [7, 11) is 0. The Morgan fingerprint density at radius 2 is 2.00 bits per heavy atom. The van der Waals surface area contributed by atoms with Crippen molar-refractivity contribution in [2.75, 3.05) is 6.61 Å². The van der Waals surface area contributed by atoms with Crippen molar-refractivity contribution in [1.82, 2.24) is 0 Å². The molecule has 3 nitrogen and oxygen atoms in total. The first-order valence-electron chi connectivity index (χ1n) is 5.51. The summed E-state index contributed by atoms with van der Waals surface area (Å²) in [6, 6.07) is 0. The minimum atomic E-state index is -0.392. The molecule has 1 aliphatic heterocycles. The number of carbonyl (C=O) groups is 1. The van der Waals surface area contributed by atoms with Crippen molar-refractivity contribution in [3.63, 3.8) is 0 Å². The standard InChI is InChI=1S/C11H20O3/c1-3-6-11(7-4-2)13-9-10(14-11)5-8-12/h8,10H,3-7,9H2,1-2H3/t10-/m0/s1. The van der Waals surface area contributed by atoms with Gasteiger partial charge in [-0.15, -0.1) is 0 Å². The van der Waals surface area contributed by atoms with Crippen LogP contribution in [0.2, 0.25) is 0 Å². The molecular formula is C11H20O3. The van der Waals surface area contributed by atoms with Crippen molar-refractivity contribution in [3.8, 4) is 0 Å². The molecular weight excluding hydrogens is 180 g/mol. The van der Waals surface area contributed by atoms with Crippen LogP contribution < -0.4 is 0 Å². The van der Waals surface area contributed by atoms with Crippen molar-refractivity contribution >= 4 is 6.29 Å². The number of aldehydes is 1. The molecule has 1 atom stereocenters. The summed E-state index contributed by atoms with van der Waals surface area (Å²) >= 11 is 0. The van der Waals surface area contributed by atoms with E-state index in [0.717, 1.165) is 32.0 Å². The van der Waals surface area contributed by atoms with Gasteiger partial charge in [-0.25, -0.2) is 0 Å². The second kappa shape index (κ2) is 5.47. The highest BCUT2D eigenvalue weighted by molar-refractivity contribution is 5.50. The van der Waals surface area contributed by atoms with Crippen molar-refractivity contribution < 1.29 is 14.3 Å². The fourth-order valence-electron chi connectivity index (χ4n) is 1.99. The van der Waals surface area contributed by atoms with Crippen LogP contribution in [0.1, 0.15) is 46.0 Å². The molecule has 0 N–H and O–H groups in total. The molecule has 14 heavy (non-hydrogen) atoms. The fraction of sp³-hybridized carbons (Fsp3) is 0.909. The topological polar surface area (TPSA) is 35.5 Å². The zero-order valence-corrected chi connectivity index (χ0v) is 9.12. The molecule has 0 aliphatic carbocycles. The lowest BCUT2D eigenvalue weighted by atomic mass is 10.1. The lowest BCUT2D eigenvalue weighted by molar-refractivity contribution is -0.178. The number of hydrogen-bond donors (Lipinski definition) is 0. The molecule has 0 amide bonds. The molecule has 1 heterocycles. The van der Waals surface area contributed by atoms with Crippen LogP contribution in [0.15, 0.2) is 0 Å². The van der Waals surface area contributed by atoms with Gasteiger partial charge in [-0.05, 0) is 0 Å². The van der Waals surface area contributed by atoms with E-state index in [1.807, 2.05) is 0 Å². The van der Waals surface area contributed by atoms with Gasteiger partial charge in [0.2, 0.25) is 0 Å². The predicted octanol–water partition coefficient (Wildman–Crippen LogP) is 2.29. The maximum absolute atomic E-state index is 10.4. The van der Waals surface area contributed by atoms with E-state index in [0.29, 0.717) is 13.0 Å². The minimum Gasteiger partial charge on any atom is -0.347 e. The maximum Gasteiger partial charge on any atom is 0.168 e. The number of ether oxygens (including phenoxy) is 2. The molecule has 0 aromatic carbocycles. The van der Waals surface area contributed by atoms with Crippen molar-refractivity contribution in [3.05, 3.63) is 0 Å². The van der Waals surface area contributed by atoms with Crippen LogP contribution >= 0.6 is 0 Å². The molecule has 1 saturated heterocycles. The Hall–Kier alpha value is -0.410. The van der Waals surface area contributed by atoms with E-state index in [1.165, 1.54) is 0 Å². The second-order valence-corrected chi connectivity index (χ2v) is 3.86. The van der Waals surface area contributed by atoms with E-state index >= 15 is 0 Å². The first-order valence-corrected chi connectivity index (χ1v) is 5.51. The van der Waals surface area contributed by atoms with Gasteiger partial charge in [-0.3, -0.25) is 0 Å². The predicted molar refractivity (Wildman–Crippen MR) is 54.1 cm³/mol. The Labute approximate surface area is 85.8 Å². The first-order chi connectivity index (χ1) is 6.76. The third-order valence-corrected chi connectivity index (χ3v) is 2.53. The monoisotopic (exact) mass is 200 g/mol. The number of rotatable bonds is 6. The normalized spacial score (nSPS) is 25.1. The molecule has 1 rings (SSSR count). The van der Waals surface area contributed by atoms with Gasteiger partial charge in [0.25, 0.3) is 0 Å². The van der Waals surface area contributed by atoms with Crippen molar-refractivity contribution in [2.45, 2.75) is 57.8 Å². The zero-order valence-electron chi connectivity index (χ0n) is 9.12. The van der Waals surface area contributed by atoms with E-state index in [9.17, 15) is 4.79 Å². The van der Waals surface area contributed by atoms with Crippen molar-refractivity contribution in [2.24, 2.45) is 0 Å². The lowest BCUT2D eigenvalue weighted by Gasteiger charge is -2.27. The van der Waals surface area contributed by atoms with E-state index in [1.54, 1.807) is 0 Å². The molecule has 82 valence electrons. The molecule has 0 bridgehead atoms. The number of hydrogen-bond acceptors (Lipinski definition) is 3. The molecule has 3 heteroatoms. The Balaban J connectivity index is 2.49. The number of carbonyl (C=O) groups excluding carboxylic acids is 1. The molecule has 0 radical (unpaired) electrons. The minimum absolute atomic E-state index is 0.0226. The summed E-state index contributed by atoms with van der Waals surface area (Å²) in [6.45, 7) is 4.81. The fourth-order valence-corrected chi connectivity index (χ4v) is 1.99. The SMILES string of the molecule is CCCC1(CCC)OC[C@H](CC=O)O1. The maximum atomic E-state index is 10.4. The van der Waals surface area contributed by atoms with Crippen LogP contribution in [-0.4, -0.2) is 24.8 Å². The van der Waals surface area contributed by atoms with E-state index in [2.05, 4.69) is 13.8 Å². The highest BCUT2D eigenvalue weighted by Gasteiger charge is 2.39. The van der Waals surface area contributed by atoms with Gasteiger partial charge in [0.05, 0.1) is 12.7 Å². The smallest absolute Gasteiger partial charge is 0.168 e. The lowest BCUT2D eigenvalue weighted by Crippen LogP contribution is -2.30. The van der Waals surface area contributed by atoms with E-state index in [4.69, 9.17) is 9.47 Å². The molecule has 0 aromatic heterocycles. The summed E-state index contributed by atoms with van der Waals surface area (Å²) in [5, 5.41) is 0. The highest BCUT2D eigenvalue weighted by Crippen LogP contribution is 2.33. The molecule has 0 saturated carbocycles. The van der Waals surface area contributed by atoms with E-state index in [-0.39, 0.29) is 6.10 Å². The summed E-state index contributed by atoms with van der Waals surface area (Å²) in [5.41, 5.74) is 0. The largest absolute Gasteiger partial charge is 0.347 e. The Bertz CT molecular complexity index is 173. The zero-order chi connectivity index (χ0) is 10.4. The van der Waals surface area contributed by atoms with Gasteiger partial charge in [0.1, 0.15) is 6.29 Å². The Morgan fingerprint density at radius 3 is 2.50 bits per heavy atom. The molecule has 0 spiro atoms. The Kier molecular flexibility index (Phi) is 4.55. The third kappa shape index (κ3) is 2.79. The quantitative estimate of drug-likeness (QED) is 0.617. The van der Waals surface area contributed by atoms with Crippen LogP contribution in [0.5, 0.6) is 0 Å². The van der Waals surface area contributed by atoms with Gasteiger partial charge in [-0.2, -0.15) is 0 Å². The molecule has 0 aromatic rings. The van der Waals surface area contributed by atoms with Gasteiger partial charge in [0.15, 0.2) is 5.79 Å². The van der Waals surface area contributed by atoms with Crippen LogP contribution in [-0.2, 0) is 14.3 Å². The molecule has 1 aliphatic rings. The van der Waals surface area contributed by atoms with Gasteiger partial charge >= 0.3 is 0 Å². The second-order valence-electron chi connectivity index (χ2n) is 3.86. The first kappa shape index (κ1) is 11.7. The van der Waals surface area contributed by atoms with E-state index < -0.39 is 5.79 Å². The van der Waals surface area contributed by atoms with Gasteiger partial charge in [0, 0.05) is 19.3 Å². The van der Waals surface area contributed by atoms with Crippen LogP contribution in [0.4, 0.5) is 0 Å².